The van der Waals surface area contributed by atoms with Crippen molar-refractivity contribution in [3.05, 3.63) is 54.1 Å². The molecule has 0 bridgehead atoms. The van der Waals surface area contributed by atoms with Crippen molar-refractivity contribution in [2.45, 2.75) is 6.92 Å². The molecule has 0 fully saturated rings. The lowest BCUT2D eigenvalue weighted by Crippen LogP contribution is -1.97. The average molecular weight is 239 g/mol. The standard InChI is InChI=1S/C9H10.C4H5ClO2/c1-8(2)9-6-4-3-5-7-9;1-3(5)4(6)7-2/h3-7H,1H2,2H3;1H2,2H3. The number of methoxy groups -OCH3 is 1. The Kier molecular flexibility index (Phi) is 6.97. The van der Waals surface area contributed by atoms with Crippen molar-refractivity contribution in [3.8, 4) is 0 Å². The molecule has 0 amide bonds. The number of carbonyl (C=O) groups excluding carboxylic acids is 1. The molecule has 0 aliphatic rings. The second-order valence-corrected chi connectivity index (χ2v) is 3.50. The number of ether oxygens (including phenoxy) is 1. The summed E-state index contributed by atoms with van der Waals surface area (Å²) in [6, 6.07) is 10.2. The number of hydrogen-bond acceptors (Lipinski definition) is 2. The van der Waals surface area contributed by atoms with Gasteiger partial charge in [-0.15, -0.1) is 0 Å². The second-order valence-electron chi connectivity index (χ2n) is 3.04. The lowest BCUT2D eigenvalue weighted by Gasteiger charge is -1.94. The fourth-order valence-electron chi connectivity index (χ4n) is 0.833. The Balaban J connectivity index is 0.000000293. The highest BCUT2D eigenvalue weighted by molar-refractivity contribution is 6.40. The summed E-state index contributed by atoms with van der Waals surface area (Å²) in [6.45, 7) is 8.95. The molecule has 0 aromatic heterocycles. The summed E-state index contributed by atoms with van der Waals surface area (Å²) in [5, 5.41) is -0.0949. The van der Waals surface area contributed by atoms with Gasteiger partial charge in [0.25, 0.3) is 0 Å². The third-order valence-corrected chi connectivity index (χ3v) is 1.83. The van der Waals surface area contributed by atoms with Gasteiger partial charge < -0.3 is 4.74 Å². The van der Waals surface area contributed by atoms with Crippen LogP contribution in [-0.2, 0) is 9.53 Å². The smallest absolute Gasteiger partial charge is 0.348 e. The van der Waals surface area contributed by atoms with Crippen molar-refractivity contribution < 1.29 is 9.53 Å². The van der Waals surface area contributed by atoms with Crippen molar-refractivity contribution >= 4 is 23.1 Å². The zero-order valence-electron chi connectivity index (χ0n) is 9.50. The van der Waals surface area contributed by atoms with Gasteiger partial charge in [0.1, 0.15) is 5.03 Å². The number of rotatable bonds is 2. The molecule has 0 aliphatic carbocycles. The molecule has 3 heteroatoms. The van der Waals surface area contributed by atoms with Crippen LogP contribution in [0.25, 0.3) is 5.57 Å². The highest BCUT2D eigenvalue weighted by atomic mass is 35.5. The monoisotopic (exact) mass is 238 g/mol. The molecule has 0 spiro atoms. The number of halogens is 1. The number of hydrogen-bond donors (Lipinski definition) is 0. The summed E-state index contributed by atoms with van der Waals surface area (Å²) >= 11 is 5.06. The molecule has 0 radical (unpaired) electrons. The summed E-state index contributed by atoms with van der Waals surface area (Å²) in [5.74, 6) is -0.582. The fraction of sp³-hybridized carbons (Fsp3) is 0.154. The van der Waals surface area contributed by atoms with E-state index in [-0.39, 0.29) is 5.03 Å². The summed E-state index contributed by atoms with van der Waals surface area (Å²) in [4.78, 5) is 10.1. The van der Waals surface area contributed by atoms with Gasteiger partial charge in [-0.25, -0.2) is 4.79 Å². The molecule has 1 aromatic carbocycles. The number of benzene rings is 1. The number of carbonyl (C=O) groups is 1. The summed E-state index contributed by atoms with van der Waals surface area (Å²) in [7, 11) is 1.25. The molecule has 2 nitrogen and oxygen atoms in total. The molecule has 0 N–H and O–H groups in total. The zero-order chi connectivity index (χ0) is 12.6. The first-order valence-corrected chi connectivity index (χ1v) is 5.00. The van der Waals surface area contributed by atoms with Crippen molar-refractivity contribution in [2.24, 2.45) is 0 Å². The van der Waals surface area contributed by atoms with Crippen LogP contribution in [0.4, 0.5) is 0 Å². The summed E-state index contributed by atoms with van der Waals surface area (Å²) in [6.07, 6.45) is 0. The number of allylic oxidation sites excluding steroid dienone is 1. The Morgan fingerprint density at radius 1 is 1.25 bits per heavy atom. The third kappa shape index (κ3) is 6.04. The van der Waals surface area contributed by atoms with Gasteiger partial charge in [-0.05, 0) is 12.5 Å². The molecule has 0 atom stereocenters. The van der Waals surface area contributed by atoms with E-state index in [2.05, 4.69) is 30.0 Å². The van der Waals surface area contributed by atoms with E-state index in [0.717, 1.165) is 5.57 Å². The molecule has 1 rings (SSSR count). The van der Waals surface area contributed by atoms with Gasteiger partial charge in [-0.2, -0.15) is 0 Å². The lowest BCUT2D eigenvalue weighted by atomic mass is 10.1. The Morgan fingerprint density at radius 2 is 1.75 bits per heavy atom. The highest BCUT2D eigenvalue weighted by Crippen LogP contribution is 2.08. The van der Waals surface area contributed by atoms with E-state index in [9.17, 15) is 4.79 Å². The predicted molar refractivity (Wildman–Crippen MR) is 68.2 cm³/mol. The largest absolute Gasteiger partial charge is 0.465 e. The molecule has 16 heavy (non-hydrogen) atoms. The lowest BCUT2D eigenvalue weighted by molar-refractivity contribution is -0.135. The van der Waals surface area contributed by atoms with E-state index < -0.39 is 5.97 Å². The molecule has 1 aromatic rings. The van der Waals surface area contributed by atoms with Gasteiger partial charge in [0.05, 0.1) is 7.11 Å². The van der Waals surface area contributed by atoms with Crippen LogP contribution in [0, 0.1) is 0 Å². The minimum absolute atomic E-state index is 0.0949. The minimum atomic E-state index is -0.582. The molecule has 0 unspecified atom stereocenters. The zero-order valence-corrected chi connectivity index (χ0v) is 10.3. The van der Waals surface area contributed by atoms with E-state index in [0.29, 0.717) is 0 Å². The molecule has 0 aliphatic heterocycles. The van der Waals surface area contributed by atoms with Crippen LogP contribution in [0.2, 0.25) is 0 Å². The van der Waals surface area contributed by atoms with E-state index in [1.54, 1.807) is 0 Å². The number of esters is 1. The van der Waals surface area contributed by atoms with Crippen molar-refractivity contribution in [1.82, 2.24) is 0 Å². The predicted octanol–water partition coefficient (Wildman–Crippen LogP) is 3.63. The molecular formula is C13H15ClO2. The minimum Gasteiger partial charge on any atom is -0.465 e. The maximum absolute atomic E-state index is 10.1. The quantitative estimate of drug-likeness (QED) is 0.581. The van der Waals surface area contributed by atoms with Crippen molar-refractivity contribution in [3.63, 3.8) is 0 Å². The molecule has 0 saturated carbocycles. The van der Waals surface area contributed by atoms with Crippen LogP contribution in [0.5, 0.6) is 0 Å². The average Bonchev–Trinajstić information content (AvgIpc) is 2.29. The molecular weight excluding hydrogens is 224 g/mol. The van der Waals surface area contributed by atoms with Crippen LogP contribution in [0.3, 0.4) is 0 Å². The fourth-order valence-corrected chi connectivity index (χ4v) is 0.911. The van der Waals surface area contributed by atoms with Crippen LogP contribution in [0.1, 0.15) is 12.5 Å². The van der Waals surface area contributed by atoms with Crippen molar-refractivity contribution in [1.29, 1.82) is 0 Å². The van der Waals surface area contributed by atoms with Crippen molar-refractivity contribution in [2.75, 3.05) is 7.11 Å². The van der Waals surface area contributed by atoms with Crippen LogP contribution in [-0.4, -0.2) is 13.1 Å². The van der Waals surface area contributed by atoms with E-state index in [1.807, 2.05) is 25.1 Å². The van der Waals surface area contributed by atoms with Gasteiger partial charge in [-0.3, -0.25) is 0 Å². The molecule has 0 heterocycles. The second kappa shape index (κ2) is 7.71. The maximum Gasteiger partial charge on any atom is 0.348 e. The topological polar surface area (TPSA) is 26.3 Å². The molecule has 86 valence electrons. The van der Waals surface area contributed by atoms with Gasteiger partial charge >= 0.3 is 5.97 Å². The van der Waals surface area contributed by atoms with Crippen LogP contribution >= 0.6 is 11.6 Å². The summed E-state index contributed by atoms with van der Waals surface area (Å²) in [5.41, 5.74) is 2.34. The van der Waals surface area contributed by atoms with E-state index in [4.69, 9.17) is 11.6 Å². The Morgan fingerprint density at radius 3 is 1.94 bits per heavy atom. The van der Waals surface area contributed by atoms with Gasteiger partial charge in [0, 0.05) is 0 Å². The van der Waals surface area contributed by atoms with E-state index in [1.165, 1.54) is 12.7 Å². The Bertz CT molecular complexity index is 369. The Labute approximate surface area is 101 Å². The first-order chi connectivity index (χ1) is 7.49. The Hall–Kier alpha value is -1.54. The first kappa shape index (κ1) is 14.5. The third-order valence-electron chi connectivity index (χ3n) is 1.67. The molecule has 0 saturated heterocycles. The highest BCUT2D eigenvalue weighted by Gasteiger charge is 1.98. The normalized spacial score (nSPS) is 8.44. The maximum atomic E-state index is 10.1. The van der Waals surface area contributed by atoms with Crippen LogP contribution < -0.4 is 0 Å². The van der Waals surface area contributed by atoms with E-state index >= 15 is 0 Å². The van der Waals surface area contributed by atoms with Gasteiger partial charge in [0.15, 0.2) is 0 Å². The van der Waals surface area contributed by atoms with Gasteiger partial charge in [-0.1, -0.05) is 60.7 Å². The SMILES string of the molecule is C=C(C)c1ccccc1.C=C(Cl)C(=O)OC. The summed E-state index contributed by atoms with van der Waals surface area (Å²) < 4.78 is 4.14. The van der Waals surface area contributed by atoms with Crippen LogP contribution in [0.15, 0.2) is 48.5 Å². The van der Waals surface area contributed by atoms with Gasteiger partial charge in [0.2, 0.25) is 0 Å². The first-order valence-electron chi connectivity index (χ1n) is 4.62.